The van der Waals surface area contributed by atoms with Crippen LogP contribution in [0.5, 0.6) is 0 Å². The summed E-state index contributed by atoms with van der Waals surface area (Å²) in [5.41, 5.74) is 0. The molecule has 0 bridgehead atoms. The van der Waals surface area contributed by atoms with Crippen molar-refractivity contribution in [2.24, 2.45) is 0 Å². The highest BCUT2D eigenvalue weighted by Gasteiger charge is 2.11. The van der Waals surface area contributed by atoms with Gasteiger partial charge in [0.05, 0.1) is 6.54 Å². The Labute approximate surface area is 92.1 Å². The number of rotatable bonds is 4. The maximum atomic E-state index is 12.1. The number of aromatic nitrogens is 2. The number of anilines is 1. The van der Waals surface area contributed by atoms with Gasteiger partial charge in [-0.1, -0.05) is 18.5 Å². The third kappa shape index (κ3) is 3.58. The van der Waals surface area contributed by atoms with Crippen LogP contribution in [0.15, 0.2) is 6.07 Å². The highest BCUT2D eigenvalue weighted by Crippen LogP contribution is 2.16. The molecule has 0 radical (unpaired) electrons. The fourth-order valence-electron chi connectivity index (χ4n) is 1.11. The molecule has 0 unspecified atom stereocenters. The van der Waals surface area contributed by atoms with E-state index in [1.165, 1.54) is 11.0 Å². The molecule has 1 rings (SSSR count). The summed E-state index contributed by atoms with van der Waals surface area (Å²) in [6, 6.07) is 1.48. The molecular formula is C9H12ClF2N3. The van der Waals surface area contributed by atoms with Crippen LogP contribution in [0.2, 0.25) is 5.15 Å². The summed E-state index contributed by atoms with van der Waals surface area (Å²) in [7, 11) is 1.55. The molecule has 0 fully saturated rings. The van der Waals surface area contributed by atoms with Crippen LogP contribution < -0.4 is 4.90 Å². The fourth-order valence-corrected chi connectivity index (χ4v) is 1.30. The smallest absolute Gasteiger partial charge is 0.255 e. The third-order valence-corrected chi connectivity index (χ3v) is 2.04. The van der Waals surface area contributed by atoms with Gasteiger partial charge in [-0.25, -0.2) is 18.7 Å². The van der Waals surface area contributed by atoms with Crippen molar-refractivity contribution in [2.45, 2.75) is 19.8 Å². The fraction of sp³-hybridized carbons (Fsp3) is 0.556. The summed E-state index contributed by atoms with van der Waals surface area (Å²) >= 11 is 5.74. The number of halogens is 3. The van der Waals surface area contributed by atoms with E-state index in [-0.39, 0.29) is 11.7 Å². The normalized spacial score (nSPS) is 10.8. The van der Waals surface area contributed by atoms with Gasteiger partial charge < -0.3 is 4.90 Å². The van der Waals surface area contributed by atoms with Crippen LogP contribution in [0.4, 0.5) is 14.6 Å². The molecular weight excluding hydrogens is 224 g/mol. The zero-order chi connectivity index (χ0) is 11.4. The van der Waals surface area contributed by atoms with Crippen molar-refractivity contribution in [3.8, 4) is 0 Å². The maximum Gasteiger partial charge on any atom is 0.255 e. The minimum absolute atomic E-state index is 0.276. The van der Waals surface area contributed by atoms with Gasteiger partial charge in [0, 0.05) is 19.5 Å². The molecule has 0 amide bonds. The molecule has 0 saturated heterocycles. The Balaban J connectivity index is 2.88. The summed E-state index contributed by atoms with van der Waals surface area (Å²) in [4.78, 5) is 9.41. The average molecular weight is 236 g/mol. The Morgan fingerprint density at radius 1 is 1.47 bits per heavy atom. The van der Waals surface area contributed by atoms with Gasteiger partial charge in [-0.15, -0.1) is 0 Å². The summed E-state index contributed by atoms with van der Waals surface area (Å²) in [5.74, 6) is 0.978. The second kappa shape index (κ2) is 5.21. The van der Waals surface area contributed by atoms with Crippen molar-refractivity contribution in [3.05, 3.63) is 17.0 Å². The molecule has 0 saturated carbocycles. The molecule has 0 aliphatic heterocycles. The van der Waals surface area contributed by atoms with Gasteiger partial charge in [-0.3, -0.25) is 0 Å². The van der Waals surface area contributed by atoms with E-state index >= 15 is 0 Å². The second-order valence-corrected chi connectivity index (χ2v) is 3.48. The molecule has 0 atom stereocenters. The summed E-state index contributed by atoms with van der Waals surface area (Å²) < 4.78 is 24.3. The number of aryl methyl sites for hydroxylation is 1. The average Bonchev–Trinajstić information content (AvgIpc) is 2.15. The lowest BCUT2D eigenvalue weighted by Gasteiger charge is -2.17. The Bertz CT molecular complexity index is 333. The first kappa shape index (κ1) is 12.1. The van der Waals surface area contributed by atoms with Crippen molar-refractivity contribution in [2.75, 3.05) is 18.5 Å². The first-order valence-electron chi connectivity index (χ1n) is 4.55. The first-order chi connectivity index (χ1) is 7.02. The summed E-state index contributed by atoms with van der Waals surface area (Å²) in [6.07, 6.45) is -1.77. The monoisotopic (exact) mass is 235 g/mol. The van der Waals surface area contributed by atoms with Crippen LogP contribution in [0.3, 0.4) is 0 Å². The van der Waals surface area contributed by atoms with Gasteiger partial charge in [-0.2, -0.15) is 0 Å². The second-order valence-electron chi connectivity index (χ2n) is 3.09. The van der Waals surface area contributed by atoms with E-state index in [0.717, 1.165) is 0 Å². The Hall–Kier alpha value is -0.970. The molecule has 0 aliphatic carbocycles. The van der Waals surface area contributed by atoms with Gasteiger partial charge in [0.25, 0.3) is 6.43 Å². The number of hydrogen-bond donors (Lipinski definition) is 0. The van der Waals surface area contributed by atoms with E-state index in [9.17, 15) is 8.78 Å². The SMILES string of the molecule is CCc1nc(Cl)cc(N(C)CC(F)F)n1. The molecule has 1 aromatic rings. The van der Waals surface area contributed by atoms with Crippen molar-refractivity contribution < 1.29 is 8.78 Å². The molecule has 1 aromatic heterocycles. The number of hydrogen-bond acceptors (Lipinski definition) is 3. The quantitative estimate of drug-likeness (QED) is 0.751. The number of alkyl halides is 2. The van der Waals surface area contributed by atoms with E-state index in [1.807, 2.05) is 6.92 Å². The van der Waals surface area contributed by atoms with Crippen LogP contribution in [0, 0.1) is 0 Å². The number of nitrogens with zero attached hydrogens (tertiary/aromatic N) is 3. The lowest BCUT2D eigenvalue weighted by molar-refractivity contribution is 0.156. The largest absolute Gasteiger partial charge is 0.354 e. The van der Waals surface area contributed by atoms with Crippen LogP contribution in [-0.4, -0.2) is 30.0 Å². The van der Waals surface area contributed by atoms with Gasteiger partial charge >= 0.3 is 0 Å². The van der Waals surface area contributed by atoms with Crippen LogP contribution in [-0.2, 0) is 6.42 Å². The molecule has 0 spiro atoms. The Morgan fingerprint density at radius 3 is 2.67 bits per heavy atom. The standard InChI is InChI=1S/C9H12ClF2N3/c1-3-8-13-6(10)4-9(14-8)15(2)5-7(11)12/h4,7H,3,5H2,1-2H3. The predicted octanol–water partition coefficient (Wildman–Crippen LogP) is 2.39. The molecule has 1 heterocycles. The van der Waals surface area contributed by atoms with Gasteiger partial charge in [0.1, 0.15) is 16.8 Å². The molecule has 0 aliphatic rings. The maximum absolute atomic E-state index is 12.1. The zero-order valence-electron chi connectivity index (χ0n) is 8.54. The van der Waals surface area contributed by atoms with Crippen molar-refractivity contribution in [1.29, 1.82) is 0 Å². The summed E-state index contributed by atoms with van der Waals surface area (Å²) in [5, 5.41) is 0.276. The molecule has 84 valence electrons. The van der Waals surface area contributed by atoms with Gasteiger partial charge in [0.2, 0.25) is 0 Å². The third-order valence-electron chi connectivity index (χ3n) is 1.85. The lowest BCUT2D eigenvalue weighted by Crippen LogP contribution is -2.25. The molecule has 15 heavy (non-hydrogen) atoms. The van der Waals surface area contributed by atoms with E-state index in [2.05, 4.69) is 9.97 Å². The highest BCUT2D eigenvalue weighted by molar-refractivity contribution is 6.29. The zero-order valence-corrected chi connectivity index (χ0v) is 9.30. The van der Waals surface area contributed by atoms with E-state index < -0.39 is 6.43 Å². The molecule has 6 heteroatoms. The Kier molecular flexibility index (Phi) is 4.20. The van der Waals surface area contributed by atoms with Gasteiger partial charge in [0.15, 0.2) is 0 Å². The van der Waals surface area contributed by atoms with Crippen LogP contribution in [0.25, 0.3) is 0 Å². The minimum atomic E-state index is -2.39. The van der Waals surface area contributed by atoms with Crippen molar-refractivity contribution in [1.82, 2.24) is 9.97 Å². The topological polar surface area (TPSA) is 29.0 Å². The molecule has 0 N–H and O–H groups in total. The molecule has 0 aromatic carbocycles. The Morgan fingerprint density at radius 2 is 2.13 bits per heavy atom. The minimum Gasteiger partial charge on any atom is -0.354 e. The van der Waals surface area contributed by atoms with Crippen LogP contribution >= 0.6 is 11.6 Å². The van der Waals surface area contributed by atoms with E-state index in [0.29, 0.717) is 18.1 Å². The highest BCUT2D eigenvalue weighted by atomic mass is 35.5. The summed E-state index contributed by atoms with van der Waals surface area (Å²) in [6.45, 7) is 1.51. The molecule has 3 nitrogen and oxygen atoms in total. The van der Waals surface area contributed by atoms with Crippen molar-refractivity contribution in [3.63, 3.8) is 0 Å². The van der Waals surface area contributed by atoms with E-state index in [4.69, 9.17) is 11.6 Å². The van der Waals surface area contributed by atoms with E-state index in [1.54, 1.807) is 7.05 Å². The predicted molar refractivity (Wildman–Crippen MR) is 55.7 cm³/mol. The lowest BCUT2D eigenvalue weighted by atomic mass is 10.4. The first-order valence-corrected chi connectivity index (χ1v) is 4.93. The van der Waals surface area contributed by atoms with Crippen LogP contribution in [0.1, 0.15) is 12.7 Å². The van der Waals surface area contributed by atoms with Crippen molar-refractivity contribution >= 4 is 17.4 Å². The van der Waals surface area contributed by atoms with Gasteiger partial charge in [-0.05, 0) is 0 Å².